The molecule has 0 atom stereocenters. The molecule has 0 saturated carbocycles. The Kier molecular flexibility index (Phi) is 4.75. The van der Waals surface area contributed by atoms with Crippen LogP contribution in [0.2, 0.25) is 0 Å². The molecular weight excluding hydrogens is 224 g/mol. The first-order valence-corrected chi connectivity index (χ1v) is 4.91. The average Bonchev–Trinajstić information content (AvgIpc) is 2.27. The summed E-state index contributed by atoms with van der Waals surface area (Å²) < 4.78 is 4.95. The van der Waals surface area contributed by atoms with E-state index in [1.807, 2.05) is 0 Å². The van der Waals surface area contributed by atoms with Gasteiger partial charge in [-0.3, -0.25) is 4.79 Å². The van der Waals surface area contributed by atoms with Crippen LogP contribution in [0.25, 0.3) is 6.08 Å². The molecule has 0 radical (unpaired) electrons. The molecule has 5 heteroatoms. The van der Waals surface area contributed by atoms with Crippen molar-refractivity contribution in [2.45, 2.75) is 6.42 Å². The highest BCUT2D eigenvalue weighted by Crippen LogP contribution is 2.13. The molecule has 17 heavy (non-hydrogen) atoms. The van der Waals surface area contributed by atoms with Gasteiger partial charge >= 0.3 is 11.9 Å². The summed E-state index contributed by atoms with van der Waals surface area (Å²) in [6.07, 6.45) is 3.18. The minimum atomic E-state index is -1.03. The molecule has 0 unspecified atom stereocenters. The Labute approximate surface area is 98.0 Å². The summed E-state index contributed by atoms with van der Waals surface area (Å²) >= 11 is 0. The predicted molar refractivity (Wildman–Crippen MR) is 60.9 cm³/mol. The number of ether oxygens (including phenoxy) is 1. The molecule has 0 aliphatic heterocycles. The van der Waals surface area contributed by atoms with Crippen LogP contribution in [-0.4, -0.2) is 28.8 Å². The van der Waals surface area contributed by atoms with Gasteiger partial charge in [0.05, 0.1) is 6.42 Å². The first kappa shape index (κ1) is 12.8. The van der Waals surface area contributed by atoms with Gasteiger partial charge in [0.15, 0.2) is 6.61 Å². The third-order valence-electron chi connectivity index (χ3n) is 1.85. The van der Waals surface area contributed by atoms with Crippen molar-refractivity contribution < 1.29 is 24.5 Å². The minimum Gasteiger partial charge on any atom is -0.482 e. The number of aliphatic carboxylic acids is 2. The number of carbonyl (C=O) groups is 2. The zero-order chi connectivity index (χ0) is 12.7. The van der Waals surface area contributed by atoms with Crippen molar-refractivity contribution in [3.63, 3.8) is 0 Å². The van der Waals surface area contributed by atoms with Gasteiger partial charge in [-0.1, -0.05) is 24.3 Å². The molecule has 0 saturated heterocycles. The first-order chi connectivity index (χ1) is 8.08. The summed E-state index contributed by atoms with van der Waals surface area (Å²) in [7, 11) is 0. The van der Waals surface area contributed by atoms with Crippen molar-refractivity contribution in [1.82, 2.24) is 0 Å². The quantitative estimate of drug-likeness (QED) is 0.784. The van der Waals surface area contributed by atoms with Crippen LogP contribution in [0.3, 0.4) is 0 Å². The van der Waals surface area contributed by atoms with E-state index >= 15 is 0 Å². The molecular formula is C12H12O5. The molecule has 1 aromatic rings. The van der Waals surface area contributed by atoms with Gasteiger partial charge in [-0.25, -0.2) is 4.79 Å². The van der Waals surface area contributed by atoms with E-state index in [0.29, 0.717) is 5.75 Å². The fourth-order valence-corrected chi connectivity index (χ4v) is 1.12. The van der Waals surface area contributed by atoms with Crippen LogP contribution in [0.1, 0.15) is 12.0 Å². The van der Waals surface area contributed by atoms with Crippen molar-refractivity contribution in [2.24, 2.45) is 0 Å². The van der Waals surface area contributed by atoms with Crippen LogP contribution in [0.5, 0.6) is 5.75 Å². The number of hydrogen-bond acceptors (Lipinski definition) is 3. The van der Waals surface area contributed by atoms with E-state index < -0.39 is 11.9 Å². The Bertz CT molecular complexity index is 419. The van der Waals surface area contributed by atoms with Gasteiger partial charge in [0.1, 0.15) is 5.75 Å². The number of benzene rings is 1. The van der Waals surface area contributed by atoms with E-state index in [9.17, 15) is 9.59 Å². The van der Waals surface area contributed by atoms with Gasteiger partial charge in [-0.2, -0.15) is 0 Å². The molecule has 2 N–H and O–H groups in total. The predicted octanol–water partition coefficient (Wildman–Crippen LogP) is 1.64. The summed E-state index contributed by atoms with van der Waals surface area (Å²) in [4.78, 5) is 20.5. The van der Waals surface area contributed by atoms with Crippen molar-refractivity contribution >= 4 is 18.0 Å². The molecule has 0 aliphatic carbocycles. The van der Waals surface area contributed by atoms with Gasteiger partial charge in [-0.15, -0.1) is 0 Å². The maximum atomic E-state index is 10.3. The highest BCUT2D eigenvalue weighted by Gasteiger charge is 1.98. The topological polar surface area (TPSA) is 83.8 Å². The number of carboxylic acids is 2. The number of rotatable bonds is 6. The molecule has 0 fully saturated rings. The van der Waals surface area contributed by atoms with Gasteiger partial charge in [0.25, 0.3) is 0 Å². The molecule has 0 bridgehead atoms. The molecule has 0 amide bonds. The summed E-state index contributed by atoms with van der Waals surface area (Å²) in [5.74, 6) is -1.46. The van der Waals surface area contributed by atoms with Gasteiger partial charge in [0.2, 0.25) is 0 Å². The third kappa shape index (κ3) is 5.36. The molecule has 0 heterocycles. The molecule has 0 aromatic heterocycles. The Morgan fingerprint density at radius 2 is 1.76 bits per heavy atom. The fraction of sp³-hybridized carbons (Fsp3) is 0.167. The molecule has 0 spiro atoms. The largest absolute Gasteiger partial charge is 0.482 e. The molecule has 90 valence electrons. The lowest BCUT2D eigenvalue weighted by atomic mass is 10.2. The Morgan fingerprint density at radius 3 is 2.29 bits per heavy atom. The van der Waals surface area contributed by atoms with Crippen LogP contribution < -0.4 is 4.74 Å². The lowest BCUT2D eigenvalue weighted by molar-refractivity contribution is -0.139. The van der Waals surface area contributed by atoms with Crippen LogP contribution >= 0.6 is 0 Å². The summed E-state index contributed by atoms with van der Waals surface area (Å²) in [6.45, 7) is -0.381. The zero-order valence-electron chi connectivity index (χ0n) is 9.00. The second-order valence-corrected chi connectivity index (χ2v) is 3.25. The fourth-order valence-electron chi connectivity index (χ4n) is 1.12. The molecule has 1 aromatic carbocycles. The molecule has 5 nitrogen and oxygen atoms in total. The Balaban J connectivity index is 2.52. The Hall–Kier alpha value is -2.30. The van der Waals surface area contributed by atoms with Crippen molar-refractivity contribution in [3.05, 3.63) is 35.9 Å². The first-order valence-electron chi connectivity index (χ1n) is 4.91. The van der Waals surface area contributed by atoms with E-state index in [-0.39, 0.29) is 13.0 Å². The van der Waals surface area contributed by atoms with Crippen LogP contribution in [0, 0.1) is 0 Å². The minimum absolute atomic E-state index is 0.0305. The molecule has 0 aliphatic rings. The second-order valence-electron chi connectivity index (χ2n) is 3.25. The highest BCUT2D eigenvalue weighted by atomic mass is 16.5. The smallest absolute Gasteiger partial charge is 0.341 e. The summed E-state index contributed by atoms with van der Waals surface area (Å²) in [5.41, 5.74) is 0.828. The van der Waals surface area contributed by atoms with Crippen LogP contribution in [0.4, 0.5) is 0 Å². The van der Waals surface area contributed by atoms with Crippen molar-refractivity contribution in [2.75, 3.05) is 6.61 Å². The van der Waals surface area contributed by atoms with E-state index in [0.717, 1.165) is 5.56 Å². The number of carboxylic acid groups (broad SMARTS) is 2. The van der Waals surface area contributed by atoms with E-state index in [1.54, 1.807) is 30.3 Å². The van der Waals surface area contributed by atoms with Crippen molar-refractivity contribution in [3.8, 4) is 5.75 Å². The monoisotopic (exact) mass is 236 g/mol. The van der Waals surface area contributed by atoms with Gasteiger partial charge in [0, 0.05) is 0 Å². The average molecular weight is 236 g/mol. The molecule has 1 rings (SSSR count). The standard InChI is InChI=1S/C12H12O5/c13-11(14)3-1-2-9-4-6-10(7-5-9)17-8-12(15)16/h1-2,4-7H,3,8H2,(H,13,14)(H,15,16). The van der Waals surface area contributed by atoms with Crippen LogP contribution in [0.15, 0.2) is 30.3 Å². The second kappa shape index (κ2) is 6.32. The Morgan fingerprint density at radius 1 is 1.12 bits per heavy atom. The van der Waals surface area contributed by atoms with E-state index in [2.05, 4.69) is 0 Å². The van der Waals surface area contributed by atoms with Gasteiger partial charge in [-0.05, 0) is 17.7 Å². The van der Waals surface area contributed by atoms with Gasteiger partial charge < -0.3 is 14.9 Å². The lowest BCUT2D eigenvalue weighted by Gasteiger charge is -2.02. The third-order valence-corrected chi connectivity index (χ3v) is 1.85. The lowest BCUT2D eigenvalue weighted by Crippen LogP contribution is -2.09. The number of hydrogen-bond donors (Lipinski definition) is 2. The normalized spacial score (nSPS) is 10.4. The van der Waals surface area contributed by atoms with E-state index in [4.69, 9.17) is 14.9 Å². The van der Waals surface area contributed by atoms with Crippen molar-refractivity contribution in [1.29, 1.82) is 0 Å². The zero-order valence-corrected chi connectivity index (χ0v) is 9.00. The highest BCUT2D eigenvalue weighted by molar-refractivity contribution is 5.70. The SMILES string of the molecule is O=C(O)CC=Cc1ccc(OCC(=O)O)cc1. The maximum Gasteiger partial charge on any atom is 0.341 e. The maximum absolute atomic E-state index is 10.3. The van der Waals surface area contributed by atoms with E-state index in [1.165, 1.54) is 6.08 Å². The van der Waals surface area contributed by atoms with Crippen LogP contribution in [-0.2, 0) is 9.59 Å². The summed E-state index contributed by atoms with van der Waals surface area (Å²) in [5, 5.41) is 16.8. The summed E-state index contributed by atoms with van der Waals surface area (Å²) in [6, 6.07) is 6.69.